The number of hydrogen-bond acceptors (Lipinski definition) is 6. The molecule has 4 nitrogen and oxygen atoms in total. The summed E-state index contributed by atoms with van der Waals surface area (Å²) in [5.41, 5.74) is 6.96. The zero-order chi connectivity index (χ0) is 32.1. The Morgan fingerprint density at radius 2 is 1.10 bits per heavy atom. The fourth-order valence-corrected chi connectivity index (χ4v) is 9.50. The lowest BCUT2D eigenvalue weighted by molar-refractivity contribution is 0.620. The monoisotopic (exact) mass is 664 g/mol. The standard InChI is InChI=1S/C43H24N2O2S2/c1-2-10-25(11-3-1)43-44-33-24-35-40(31-14-4-7-15-34(31)46-35)41(42(33)47-43)45(26-19-21-38-32(22-26)29-13-6-9-17-37(29)48-38)27-18-20-30-28-12-5-8-16-36(28)49-39(30)23-27/h1-24H. The van der Waals surface area contributed by atoms with Gasteiger partial charge in [-0.05, 0) is 60.7 Å². The van der Waals surface area contributed by atoms with E-state index in [1.54, 1.807) is 0 Å². The molecule has 6 heteroatoms. The molecule has 11 rings (SSSR count). The lowest BCUT2D eigenvalue weighted by atomic mass is 10.1. The molecule has 0 bridgehead atoms. The minimum absolute atomic E-state index is 0.577. The smallest absolute Gasteiger partial charge is 0.227 e. The Labute approximate surface area is 287 Å². The van der Waals surface area contributed by atoms with Crippen LogP contribution >= 0.6 is 22.7 Å². The van der Waals surface area contributed by atoms with Crippen molar-refractivity contribution < 1.29 is 8.83 Å². The summed E-state index contributed by atoms with van der Waals surface area (Å²) in [6, 6.07) is 51.3. The normalized spacial score (nSPS) is 12.1. The van der Waals surface area contributed by atoms with Crippen LogP contribution in [0.25, 0.3) is 84.8 Å². The van der Waals surface area contributed by atoms with Crippen LogP contribution in [0.1, 0.15) is 0 Å². The van der Waals surface area contributed by atoms with Gasteiger partial charge in [-0.25, -0.2) is 4.98 Å². The van der Waals surface area contributed by atoms with Crippen LogP contribution in [0.3, 0.4) is 0 Å². The van der Waals surface area contributed by atoms with Gasteiger partial charge in [0.05, 0.1) is 5.39 Å². The summed E-state index contributed by atoms with van der Waals surface area (Å²) in [7, 11) is 0. The van der Waals surface area contributed by atoms with Crippen molar-refractivity contribution in [3.63, 3.8) is 0 Å². The molecule has 11 aromatic rings. The van der Waals surface area contributed by atoms with E-state index in [9.17, 15) is 0 Å². The van der Waals surface area contributed by atoms with E-state index >= 15 is 0 Å². The van der Waals surface area contributed by atoms with E-state index in [2.05, 4.69) is 102 Å². The minimum atomic E-state index is 0.577. The molecule has 0 amide bonds. The van der Waals surface area contributed by atoms with Crippen LogP contribution in [-0.4, -0.2) is 4.98 Å². The highest BCUT2D eigenvalue weighted by Gasteiger charge is 2.27. The predicted molar refractivity (Wildman–Crippen MR) is 207 cm³/mol. The van der Waals surface area contributed by atoms with Crippen LogP contribution in [0.5, 0.6) is 0 Å². The first-order valence-electron chi connectivity index (χ1n) is 16.2. The Bertz CT molecular complexity index is 3080. The highest BCUT2D eigenvalue weighted by Crippen LogP contribution is 2.50. The van der Waals surface area contributed by atoms with Crippen LogP contribution in [0, 0.1) is 0 Å². The van der Waals surface area contributed by atoms with Gasteiger partial charge < -0.3 is 13.7 Å². The van der Waals surface area contributed by atoms with Crippen molar-refractivity contribution in [1.29, 1.82) is 0 Å². The van der Waals surface area contributed by atoms with Gasteiger partial charge in [-0.15, -0.1) is 22.7 Å². The van der Waals surface area contributed by atoms with Crippen molar-refractivity contribution in [3.05, 3.63) is 146 Å². The molecule has 0 saturated heterocycles. The van der Waals surface area contributed by atoms with Crippen molar-refractivity contribution in [2.45, 2.75) is 0 Å². The predicted octanol–water partition coefficient (Wildman–Crippen LogP) is 13.6. The number of rotatable bonds is 4. The molecule has 49 heavy (non-hydrogen) atoms. The number of aromatic nitrogens is 1. The molecule has 7 aromatic carbocycles. The molecule has 0 spiro atoms. The Morgan fingerprint density at radius 3 is 1.94 bits per heavy atom. The molecule has 4 heterocycles. The van der Waals surface area contributed by atoms with E-state index in [0.29, 0.717) is 11.5 Å². The maximum absolute atomic E-state index is 6.82. The highest BCUT2D eigenvalue weighted by molar-refractivity contribution is 7.26. The molecule has 4 aromatic heterocycles. The summed E-state index contributed by atoms with van der Waals surface area (Å²) >= 11 is 3.65. The number of oxazole rings is 1. The number of para-hydroxylation sites is 1. The van der Waals surface area contributed by atoms with Gasteiger partial charge in [0, 0.05) is 68.7 Å². The van der Waals surface area contributed by atoms with Crippen LogP contribution in [0.15, 0.2) is 154 Å². The second kappa shape index (κ2) is 10.3. The van der Waals surface area contributed by atoms with E-state index < -0.39 is 0 Å². The van der Waals surface area contributed by atoms with Crippen molar-refractivity contribution in [2.24, 2.45) is 0 Å². The molecule has 0 saturated carbocycles. The number of nitrogens with zero attached hydrogens (tertiary/aromatic N) is 2. The van der Waals surface area contributed by atoms with Crippen molar-refractivity contribution in [1.82, 2.24) is 4.98 Å². The molecule has 0 N–H and O–H groups in total. The lowest BCUT2D eigenvalue weighted by Crippen LogP contribution is -2.10. The summed E-state index contributed by atoms with van der Waals surface area (Å²) in [5, 5.41) is 7.04. The zero-order valence-corrected chi connectivity index (χ0v) is 27.5. The van der Waals surface area contributed by atoms with Gasteiger partial charge in [0.25, 0.3) is 0 Å². The Balaban J connectivity index is 1.28. The topological polar surface area (TPSA) is 42.4 Å². The molecule has 0 aliphatic carbocycles. The van der Waals surface area contributed by atoms with E-state index in [1.807, 2.05) is 71.2 Å². The fraction of sp³-hybridized carbons (Fsp3) is 0. The molecule has 0 aliphatic heterocycles. The van der Waals surface area contributed by atoms with Crippen LogP contribution in [0.2, 0.25) is 0 Å². The maximum Gasteiger partial charge on any atom is 0.227 e. The van der Waals surface area contributed by atoms with Crippen molar-refractivity contribution >= 4 is 113 Å². The molecule has 0 aliphatic rings. The summed E-state index contributed by atoms with van der Waals surface area (Å²) in [5.74, 6) is 0.577. The van der Waals surface area contributed by atoms with Crippen molar-refractivity contribution in [3.8, 4) is 11.5 Å². The quantitative estimate of drug-likeness (QED) is 0.188. The molecule has 230 valence electrons. The average molecular weight is 665 g/mol. The lowest BCUT2D eigenvalue weighted by Gasteiger charge is -2.26. The third kappa shape index (κ3) is 4.05. The van der Waals surface area contributed by atoms with Gasteiger partial charge in [-0.2, -0.15) is 0 Å². The summed E-state index contributed by atoms with van der Waals surface area (Å²) < 4.78 is 18.4. The van der Waals surface area contributed by atoms with Gasteiger partial charge in [-0.1, -0.05) is 78.9 Å². The Hall–Kier alpha value is -5.95. The first-order valence-corrected chi connectivity index (χ1v) is 17.8. The average Bonchev–Trinajstić information content (AvgIpc) is 3.92. The Morgan fingerprint density at radius 1 is 0.469 bits per heavy atom. The third-order valence-corrected chi connectivity index (χ3v) is 11.8. The molecular weight excluding hydrogens is 641 g/mol. The number of fused-ring (bicyclic) bond motifs is 10. The van der Waals surface area contributed by atoms with Gasteiger partial charge in [0.15, 0.2) is 5.58 Å². The largest absolute Gasteiger partial charge is 0.456 e. The zero-order valence-electron chi connectivity index (χ0n) is 25.9. The number of thiophene rings is 2. The number of furan rings is 1. The first-order chi connectivity index (χ1) is 24.3. The number of hydrogen-bond donors (Lipinski definition) is 0. The summed E-state index contributed by atoms with van der Waals surface area (Å²) in [6.07, 6.45) is 0. The van der Waals surface area contributed by atoms with Gasteiger partial charge in [0.2, 0.25) is 5.89 Å². The maximum atomic E-state index is 6.82. The molecule has 0 fully saturated rings. The Kier molecular flexibility index (Phi) is 5.67. The van der Waals surface area contributed by atoms with E-state index in [1.165, 1.54) is 40.3 Å². The SMILES string of the molecule is c1ccc(-c2nc3cc4oc5ccccc5c4c(N(c4ccc5c(c4)sc4ccccc45)c4ccc5sc6ccccc6c5c4)c3o2)cc1. The van der Waals surface area contributed by atoms with E-state index in [4.69, 9.17) is 13.8 Å². The summed E-state index contributed by atoms with van der Waals surface area (Å²) in [4.78, 5) is 7.39. The van der Waals surface area contributed by atoms with Gasteiger partial charge in [0.1, 0.15) is 22.4 Å². The van der Waals surface area contributed by atoms with E-state index in [0.717, 1.165) is 50.1 Å². The third-order valence-electron chi connectivity index (χ3n) is 9.48. The number of benzene rings is 7. The van der Waals surface area contributed by atoms with Crippen LogP contribution in [-0.2, 0) is 0 Å². The second-order valence-corrected chi connectivity index (χ2v) is 14.5. The van der Waals surface area contributed by atoms with Crippen LogP contribution in [0.4, 0.5) is 17.1 Å². The van der Waals surface area contributed by atoms with Crippen LogP contribution < -0.4 is 4.90 Å². The minimum Gasteiger partial charge on any atom is -0.456 e. The fourth-order valence-electron chi connectivity index (χ4n) is 7.28. The molecular formula is C43H24N2O2S2. The van der Waals surface area contributed by atoms with Gasteiger partial charge >= 0.3 is 0 Å². The number of anilines is 3. The second-order valence-electron chi connectivity index (χ2n) is 12.3. The van der Waals surface area contributed by atoms with E-state index in [-0.39, 0.29) is 0 Å². The summed E-state index contributed by atoms with van der Waals surface area (Å²) in [6.45, 7) is 0. The molecule has 0 unspecified atom stereocenters. The van der Waals surface area contributed by atoms with Gasteiger partial charge in [-0.3, -0.25) is 0 Å². The molecule has 0 atom stereocenters. The van der Waals surface area contributed by atoms with Crippen molar-refractivity contribution in [2.75, 3.05) is 4.90 Å². The highest BCUT2D eigenvalue weighted by atomic mass is 32.1. The first kappa shape index (κ1) is 27.0. The molecule has 0 radical (unpaired) electrons.